The first-order valence-corrected chi connectivity index (χ1v) is 8.41. The van der Waals surface area contributed by atoms with Crippen LogP contribution in [0.5, 0.6) is 0 Å². The van der Waals surface area contributed by atoms with E-state index in [1.165, 1.54) is 0 Å². The quantitative estimate of drug-likeness (QED) is 0.453. The van der Waals surface area contributed by atoms with Crippen molar-refractivity contribution in [3.63, 3.8) is 0 Å². The molecule has 0 aromatic carbocycles. The summed E-state index contributed by atoms with van der Waals surface area (Å²) >= 11 is 0. The lowest BCUT2D eigenvalue weighted by Gasteiger charge is -2.22. The molecule has 0 aromatic heterocycles. The number of hydrogen-bond donors (Lipinski definition) is 5. The van der Waals surface area contributed by atoms with Crippen molar-refractivity contribution in [1.29, 1.82) is 0 Å². The second-order valence-corrected chi connectivity index (χ2v) is 8.06. The Morgan fingerprint density at radius 2 is 1.50 bits per heavy atom. The summed E-state index contributed by atoms with van der Waals surface area (Å²) in [5, 5.41) is 0.880. The Morgan fingerprint density at radius 1 is 1.06 bits per heavy atom. The smallest absolute Gasteiger partial charge is 0.324 e. The fourth-order valence-corrected chi connectivity index (χ4v) is 4.09. The largest absolute Gasteiger partial charge is 0.342 e. The molecule has 0 radical (unpaired) electrons. The Labute approximate surface area is 93.6 Å². The molecule has 7 nitrogen and oxygen atoms in total. The minimum Gasteiger partial charge on any atom is -0.324 e. The van der Waals surface area contributed by atoms with Crippen LogP contribution in [0.3, 0.4) is 0 Å². The molecule has 0 heterocycles. The molecule has 0 saturated heterocycles. The van der Waals surface area contributed by atoms with Gasteiger partial charge in [-0.2, -0.15) is 0 Å². The van der Waals surface area contributed by atoms with Crippen LogP contribution in [-0.4, -0.2) is 37.6 Å². The molecule has 1 aliphatic carbocycles. The van der Waals surface area contributed by atoms with Crippen molar-refractivity contribution in [1.82, 2.24) is 5.32 Å². The minimum absolute atomic E-state index is 0.112. The monoisotopic (exact) mass is 273 g/mol. The topological polar surface area (TPSA) is 127 Å². The molecule has 16 heavy (non-hydrogen) atoms. The Bertz CT molecular complexity index is 295. The van der Waals surface area contributed by atoms with Crippen LogP contribution in [-0.2, 0) is 9.13 Å². The van der Waals surface area contributed by atoms with Gasteiger partial charge in [0.25, 0.3) is 0 Å². The average molecular weight is 273 g/mol. The van der Waals surface area contributed by atoms with E-state index < -0.39 is 20.6 Å². The van der Waals surface area contributed by atoms with E-state index in [0.717, 1.165) is 25.7 Å². The van der Waals surface area contributed by atoms with E-state index in [0.29, 0.717) is 0 Å². The van der Waals surface area contributed by atoms with Crippen molar-refractivity contribution in [3.8, 4) is 0 Å². The number of rotatable bonds is 5. The first-order chi connectivity index (χ1) is 7.21. The highest BCUT2D eigenvalue weighted by molar-refractivity contribution is 7.70. The van der Waals surface area contributed by atoms with Gasteiger partial charge in [0, 0.05) is 12.6 Å². The van der Waals surface area contributed by atoms with Crippen LogP contribution in [0.2, 0.25) is 0 Å². The molecule has 1 fully saturated rings. The third-order valence-corrected chi connectivity index (χ3v) is 6.44. The molecular weight excluding hydrogens is 256 g/mol. The van der Waals surface area contributed by atoms with Crippen LogP contribution in [0.25, 0.3) is 0 Å². The highest BCUT2D eigenvalue weighted by Gasteiger charge is 2.43. The van der Waals surface area contributed by atoms with E-state index in [4.69, 9.17) is 19.6 Å². The first kappa shape index (κ1) is 14.3. The van der Waals surface area contributed by atoms with Crippen molar-refractivity contribution in [2.45, 2.75) is 37.1 Å². The Balaban J connectivity index is 2.58. The molecule has 1 rings (SSSR count). The Hall–Kier alpha value is 0.260. The van der Waals surface area contributed by atoms with Gasteiger partial charge in [-0.25, -0.2) is 0 Å². The van der Waals surface area contributed by atoms with E-state index in [9.17, 15) is 9.13 Å². The van der Waals surface area contributed by atoms with E-state index >= 15 is 0 Å². The molecule has 5 N–H and O–H groups in total. The summed E-state index contributed by atoms with van der Waals surface area (Å²) in [4.78, 5) is 35.5. The molecule has 0 bridgehead atoms. The number of nitrogens with one attached hydrogen (secondary N) is 1. The molecular formula is C7H17NO6P2. The molecule has 96 valence electrons. The fraction of sp³-hybridized carbons (Fsp3) is 1.00. The van der Waals surface area contributed by atoms with Gasteiger partial charge >= 0.3 is 15.2 Å². The van der Waals surface area contributed by atoms with Crippen LogP contribution in [0.15, 0.2) is 0 Å². The van der Waals surface area contributed by atoms with Crippen molar-refractivity contribution < 1.29 is 28.7 Å². The minimum atomic E-state index is -4.78. The van der Waals surface area contributed by atoms with Crippen LogP contribution in [0.1, 0.15) is 25.7 Å². The van der Waals surface area contributed by atoms with Gasteiger partial charge in [-0.1, -0.05) is 12.8 Å². The van der Waals surface area contributed by atoms with Gasteiger partial charge in [0.15, 0.2) is 5.40 Å². The lowest BCUT2D eigenvalue weighted by Crippen LogP contribution is -2.33. The summed E-state index contributed by atoms with van der Waals surface area (Å²) in [6.07, 6.45) is 3.84. The van der Waals surface area contributed by atoms with Gasteiger partial charge in [0.1, 0.15) is 0 Å². The third-order valence-electron chi connectivity index (χ3n) is 2.72. The maximum Gasteiger partial charge on any atom is 0.342 e. The summed E-state index contributed by atoms with van der Waals surface area (Å²) < 4.78 is 21.9. The highest BCUT2D eigenvalue weighted by atomic mass is 31.2. The van der Waals surface area contributed by atoms with Crippen molar-refractivity contribution >= 4 is 15.2 Å². The molecule has 0 aliphatic heterocycles. The highest BCUT2D eigenvalue weighted by Crippen LogP contribution is 2.59. The standard InChI is InChI=1S/C7H17NO6P2/c9-15(10,11)7(16(12,13)14)5-8-6-3-1-2-4-6/h6-8H,1-5H2,(H2,9,10,11)(H2,12,13,14). The van der Waals surface area contributed by atoms with Gasteiger partial charge < -0.3 is 24.9 Å². The molecule has 0 aromatic rings. The van der Waals surface area contributed by atoms with Crippen molar-refractivity contribution in [3.05, 3.63) is 0 Å². The Morgan fingerprint density at radius 3 is 1.88 bits per heavy atom. The molecule has 0 amide bonds. The Kier molecular flexibility index (Phi) is 4.72. The van der Waals surface area contributed by atoms with E-state index in [-0.39, 0.29) is 12.6 Å². The summed E-state index contributed by atoms with van der Waals surface area (Å²) in [6, 6.07) is 0.112. The van der Waals surface area contributed by atoms with Crippen molar-refractivity contribution in [2.75, 3.05) is 6.54 Å². The predicted octanol–water partition coefficient (Wildman–Crippen LogP) is 0.200. The van der Waals surface area contributed by atoms with Crippen LogP contribution < -0.4 is 5.32 Å². The maximum absolute atomic E-state index is 10.9. The summed E-state index contributed by atoms with van der Waals surface area (Å²) in [5.74, 6) is 0. The molecule has 0 atom stereocenters. The van der Waals surface area contributed by atoms with E-state index in [2.05, 4.69) is 5.32 Å². The van der Waals surface area contributed by atoms with E-state index in [1.807, 2.05) is 0 Å². The van der Waals surface area contributed by atoms with Gasteiger partial charge in [-0.3, -0.25) is 9.13 Å². The maximum atomic E-state index is 10.9. The van der Waals surface area contributed by atoms with Crippen LogP contribution >= 0.6 is 15.2 Å². The SMILES string of the molecule is O=P(O)(O)C(CNC1CCCC1)P(=O)(O)O. The lowest BCUT2D eigenvalue weighted by atomic mass is 10.2. The van der Waals surface area contributed by atoms with Gasteiger partial charge in [-0.15, -0.1) is 0 Å². The molecule has 9 heteroatoms. The zero-order valence-corrected chi connectivity index (χ0v) is 10.5. The van der Waals surface area contributed by atoms with Gasteiger partial charge in [-0.05, 0) is 12.8 Å². The lowest BCUT2D eigenvalue weighted by molar-refractivity contribution is 0.333. The summed E-state index contributed by atoms with van der Waals surface area (Å²) in [7, 11) is -9.56. The van der Waals surface area contributed by atoms with Gasteiger partial charge in [0.2, 0.25) is 0 Å². The molecule has 0 unspecified atom stereocenters. The van der Waals surface area contributed by atoms with Gasteiger partial charge in [0.05, 0.1) is 0 Å². The second-order valence-electron chi connectivity index (χ2n) is 4.05. The average Bonchev–Trinajstić information content (AvgIpc) is 2.51. The zero-order valence-electron chi connectivity index (χ0n) is 8.69. The molecule has 1 saturated carbocycles. The first-order valence-electron chi connectivity index (χ1n) is 5.05. The van der Waals surface area contributed by atoms with Crippen LogP contribution in [0.4, 0.5) is 0 Å². The van der Waals surface area contributed by atoms with Crippen LogP contribution in [0, 0.1) is 0 Å². The molecule has 1 aliphatic rings. The summed E-state index contributed by atoms with van der Waals surface area (Å²) in [5.41, 5.74) is 0. The number of hydrogen-bond acceptors (Lipinski definition) is 3. The zero-order chi connectivity index (χ0) is 12.4. The van der Waals surface area contributed by atoms with E-state index in [1.54, 1.807) is 0 Å². The molecule has 0 spiro atoms. The predicted molar refractivity (Wildman–Crippen MR) is 58.1 cm³/mol. The second kappa shape index (κ2) is 5.27. The third kappa shape index (κ3) is 4.26. The normalized spacial score (nSPS) is 19.6. The fourth-order valence-electron chi connectivity index (χ4n) is 1.84. The van der Waals surface area contributed by atoms with Crippen molar-refractivity contribution in [2.24, 2.45) is 0 Å². The summed E-state index contributed by atoms with van der Waals surface area (Å²) in [6.45, 7) is -0.348.